The summed E-state index contributed by atoms with van der Waals surface area (Å²) >= 11 is 10.5. The molecule has 0 aromatic carbocycles. The first-order valence-corrected chi connectivity index (χ1v) is 3.96. The van der Waals surface area contributed by atoms with Crippen molar-refractivity contribution in [2.45, 2.75) is 4.17 Å². The number of hydrogen-bond donors (Lipinski definition) is 0. The van der Waals surface area contributed by atoms with Crippen LogP contribution in [0.5, 0.6) is 0 Å². The molecule has 0 N–H and O–H groups in total. The molecule has 0 aliphatic carbocycles. The van der Waals surface area contributed by atoms with Crippen molar-refractivity contribution < 1.29 is 4.21 Å². The van der Waals surface area contributed by atoms with Gasteiger partial charge in [0, 0.05) is 0 Å². The van der Waals surface area contributed by atoms with Crippen LogP contribution in [-0.2, 0) is 11.0 Å². The van der Waals surface area contributed by atoms with Gasteiger partial charge in [-0.1, -0.05) is 23.2 Å². The highest BCUT2D eigenvalue weighted by Gasteiger charge is 2.10. The van der Waals surface area contributed by atoms with Gasteiger partial charge in [0.05, 0.1) is 0 Å². The molecular weight excluding hydrogens is 169 g/mol. The number of alkyl halides is 2. The van der Waals surface area contributed by atoms with E-state index in [0.29, 0.717) is 0 Å². The molecule has 0 radical (unpaired) electrons. The average molecular weight is 176 g/mol. The van der Waals surface area contributed by atoms with Crippen LogP contribution in [0, 0.1) is 0 Å². The van der Waals surface area contributed by atoms with Crippen LogP contribution >= 0.6 is 23.2 Å². The summed E-state index contributed by atoms with van der Waals surface area (Å²) in [6, 6.07) is 0. The Morgan fingerprint density at radius 1 is 1.50 bits per heavy atom. The fourth-order valence-corrected chi connectivity index (χ4v) is 1.43. The SMILES string of the molecule is CN(C)S(=O)C(Cl)Cl. The van der Waals surface area contributed by atoms with Crippen molar-refractivity contribution in [2.24, 2.45) is 0 Å². The third-order valence-electron chi connectivity index (χ3n) is 0.512. The van der Waals surface area contributed by atoms with Gasteiger partial charge < -0.3 is 0 Å². The lowest BCUT2D eigenvalue weighted by atomic mass is 11.3. The van der Waals surface area contributed by atoms with Gasteiger partial charge in [0.15, 0.2) is 4.17 Å². The Labute approximate surface area is 61.3 Å². The Kier molecular flexibility index (Phi) is 3.98. The summed E-state index contributed by atoms with van der Waals surface area (Å²) in [7, 11) is 2.03. The van der Waals surface area contributed by atoms with Crippen LogP contribution in [-0.4, -0.2) is 26.8 Å². The van der Waals surface area contributed by atoms with E-state index in [2.05, 4.69) is 0 Å². The number of rotatable bonds is 2. The number of halogens is 2. The predicted molar refractivity (Wildman–Crippen MR) is 37.3 cm³/mol. The first-order chi connectivity index (χ1) is 3.55. The monoisotopic (exact) mass is 175 g/mol. The highest BCUT2D eigenvalue weighted by atomic mass is 35.5. The Hall–Kier alpha value is 0.690. The van der Waals surface area contributed by atoms with E-state index in [4.69, 9.17) is 23.2 Å². The van der Waals surface area contributed by atoms with Crippen LogP contribution in [0.2, 0.25) is 0 Å². The molecular formula is C3H7Cl2NOS. The zero-order valence-electron chi connectivity index (χ0n) is 4.60. The van der Waals surface area contributed by atoms with Crippen LogP contribution in [0.1, 0.15) is 0 Å². The minimum Gasteiger partial charge on any atom is -0.240 e. The molecule has 50 valence electrons. The molecule has 5 heteroatoms. The predicted octanol–water partition coefficient (Wildman–Crippen LogP) is 0.973. The normalized spacial score (nSPS) is 15.2. The van der Waals surface area contributed by atoms with Crippen molar-refractivity contribution >= 4 is 34.2 Å². The van der Waals surface area contributed by atoms with Gasteiger partial charge in [-0.05, 0) is 14.1 Å². The first-order valence-electron chi connectivity index (χ1n) is 1.92. The molecule has 2 nitrogen and oxygen atoms in total. The van der Waals surface area contributed by atoms with Gasteiger partial charge in [0.25, 0.3) is 0 Å². The summed E-state index contributed by atoms with van der Waals surface area (Å²) in [5, 5.41) is 0. The largest absolute Gasteiger partial charge is 0.240 e. The van der Waals surface area contributed by atoms with E-state index in [1.165, 1.54) is 4.31 Å². The van der Waals surface area contributed by atoms with Crippen LogP contribution in [0.4, 0.5) is 0 Å². The lowest BCUT2D eigenvalue weighted by Gasteiger charge is -2.07. The first kappa shape index (κ1) is 8.69. The van der Waals surface area contributed by atoms with Gasteiger partial charge in [0.2, 0.25) is 0 Å². The Bertz CT molecular complexity index is 85.3. The maximum atomic E-state index is 10.6. The zero-order valence-corrected chi connectivity index (χ0v) is 6.93. The molecule has 0 aliphatic rings. The highest BCUT2D eigenvalue weighted by Crippen LogP contribution is 2.08. The van der Waals surface area contributed by atoms with E-state index in [1.807, 2.05) is 0 Å². The topological polar surface area (TPSA) is 20.3 Å². The second-order valence-electron chi connectivity index (χ2n) is 1.35. The molecule has 0 spiro atoms. The van der Waals surface area contributed by atoms with Crippen molar-refractivity contribution in [1.29, 1.82) is 0 Å². The molecule has 0 heterocycles. The number of nitrogens with zero attached hydrogens (tertiary/aromatic N) is 1. The molecule has 0 aliphatic heterocycles. The Morgan fingerprint density at radius 2 is 1.88 bits per heavy atom. The summed E-state index contributed by atoms with van der Waals surface area (Å²) in [6.45, 7) is 0. The Balaban J connectivity index is 3.65. The van der Waals surface area contributed by atoms with Crippen LogP contribution in [0.3, 0.4) is 0 Å². The van der Waals surface area contributed by atoms with Crippen molar-refractivity contribution in [3.63, 3.8) is 0 Å². The third-order valence-corrected chi connectivity index (χ3v) is 2.45. The summed E-state index contributed by atoms with van der Waals surface area (Å²) in [5.41, 5.74) is 0. The molecule has 0 saturated heterocycles. The second-order valence-corrected chi connectivity index (χ2v) is 4.72. The molecule has 0 rings (SSSR count). The van der Waals surface area contributed by atoms with Crippen molar-refractivity contribution in [3.05, 3.63) is 0 Å². The van der Waals surface area contributed by atoms with E-state index in [9.17, 15) is 4.21 Å². The van der Waals surface area contributed by atoms with E-state index >= 15 is 0 Å². The maximum Gasteiger partial charge on any atom is 0.196 e. The van der Waals surface area contributed by atoms with Gasteiger partial charge in [0.1, 0.15) is 11.0 Å². The van der Waals surface area contributed by atoms with E-state index in [-0.39, 0.29) is 0 Å². The van der Waals surface area contributed by atoms with E-state index < -0.39 is 15.2 Å². The summed E-state index contributed by atoms with van der Waals surface area (Å²) in [4.78, 5) is 0. The van der Waals surface area contributed by atoms with Gasteiger partial charge in [-0.15, -0.1) is 0 Å². The summed E-state index contributed by atoms with van der Waals surface area (Å²) < 4.78 is 11.2. The minimum atomic E-state index is -1.26. The smallest absolute Gasteiger partial charge is 0.196 e. The maximum absolute atomic E-state index is 10.6. The molecule has 0 saturated carbocycles. The molecule has 0 amide bonds. The van der Waals surface area contributed by atoms with Gasteiger partial charge >= 0.3 is 0 Å². The fourth-order valence-electron chi connectivity index (χ4n) is 0.159. The standard InChI is InChI=1S/C3H7Cl2NOS/c1-6(2)8(7)3(4)5/h3H,1-2H3. The van der Waals surface area contributed by atoms with E-state index in [0.717, 1.165) is 0 Å². The molecule has 8 heavy (non-hydrogen) atoms. The van der Waals surface area contributed by atoms with Crippen LogP contribution in [0.15, 0.2) is 0 Å². The number of hydrogen-bond acceptors (Lipinski definition) is 1. The van der Waals surface area contributed by atoms with Crippen LogP contribution in [0.25, 0.3) is 0 Å². The summed E-state index contributed by atoms with van der Waals surface area (Å²) in [5.74, 6) is 0. The van der Waals surface area contributed by atoms with Gasteiger partial charge in [-0.25, -0.2) is 8.51 Å². The quantitative estimate of drug-likeness (QED) is 0.574. The van der Waals surface area contributed by atoms with Crippen molar-refractivity contribution in [1.82, 2.24) is 4.31 Å². The summed E-state index contributed by atoms with van der Waals surface area (Å²) in [6.07, 6.45) is 0. The fraction of sp³-hybridized carbons (Fsp3) is 1.00. The van der Waals surface area contributed by atoms with Crippen molar-refractivity contribution in [2.75, 3.05) is 14.1 Å². The lowest BCUT2D eigenvalue weighted by Crippen LogP contribution is -2.19. The lowest BCUT2D eigenvalue weighted by molar-refractivity contribution is 0.605. The average Bonchev–Trinajstić information content (AvgIpc) is 1.64. The molecule has 0 aromatic rings. The molecule has 0 aromatic heterocycles. The molecule has 1 unspecified atom stereocenters. The van der Waals surface area contributed by atoms with Crippen molar-refractivity contribution in [3.8, 4) is 0 Å². The minimum absolute atomic E-state index is 0.815. The third kappa shape index (κ3) is 2.87. The molecule has 0 bridgehead atoms. The second kappa shape index (κ2) is 3.67. The molecule has 0 fully saturated rings. The Morgan fingerprint density at radius 3 is 1.88 bits per heavy atom. The van der Waals surface area contributed by atoms with Crippen LogP contribution < -0.4 is 0 Å². The van der Waals surface area contributed by atoms with Gasteiger partial charge in [-0.3, -0.25) is 0 Å². The molecule has 1 atom stereocenters. The zero-order chi connectivity index (χ0) is 6.73. The van der Waals surface area contributed by atoms with E-state index in [1.54, 1.807) is 14.1 Å². The highest BCUT2D eigenvalue weighted by molar-refractivity contribution is 7.86. The van der Waals surface area contributed by atoms with Gasteiger partial charge in [-0.2, -0.15) is 0 Å².